The minimum absolute atomic E-state index is 0.870. The lowest BCUT2D eigenvalue weighted by Gasteiger charge is -2.21. The number of hydrogen-bond acceptors (Lipinski definition) is 2. The fourth-order valence-electron chi connectivity index (χ4n) is 3.51. The van der Waals surface area contributed by atoms with Gasteiger partial charge in [-0.15, -0.1) is 0 Å². The van der Waals surface area contributed by atoms with E-state index < -0.39 is 0 Å². The second-order valence-electron chi connectivity index (χ2n) is 7.03. The maximum Gasteiger partial charge on any atom is -0.00205 e. The van der Waals surface area contributed by atoms with E-state index in [1.165, 1.54) is 109 Å². The standard InChI is InChI=1S/C19H40N2/c20-16-12-7-5-3-1-2-4-6-8-13-17-21-18-19-14-10-9-11-15-19/h19,21H,1-18,20H2. The summed E-state index contributed by atoms with van der Waals surface area (Å²) in [6.07, 6.45) is 21.3. The van der Waals surface area contributed by atoms with Crippen molar-refractivity contribution in [2.45, 2.75) is 96.3 Å². The van der Waals surface area contributed by atoms with E-state index in [2.05, 4.69) is 5.32 Å². The van der Waals surface area contributed by atoms with Crippen molar-refractivity contribution in [3.63, 3.8) is 0 Å². The van der Waals surface area contributed by atoms with Crippen LogP contribution in [0, 0.1) is 5.92 Å². The van der Waals surface area contributed by atoms with Crippen LogP contribution in [0.5, 0.6) is 0 Å². The van der Waals surface area contributed by atoms with E-state index in [-0.39, 0.29) is 0 Å². The molecule has 3 N–H and O–H groups in total. The Morgan fingerprint density at radius 3 is 1.76 bits per heavy atom. The number of nitrogens with one attached hydrogen (secondary N) is 1. The molecule has 1 aliphatic rings. The first-order valence-electron chi connectivity index (χ1n) is 9.84. The summed E-state index contributed by atoms with van der Waals surface area (Å²) < 4.78 is 0. The van der Waals surface area contributed by atoms with E-state index in [9.17, 15) is 0 Å². The van der Waals surface area contributed by atoms with Gasteiger partial charge in [-0.2, -0.15) is 0 Å². The summed E-state index contributed by atoms with van der Waals surface area (Å²) in [6.45, 7) is 3.40. The van der Waals surface area contributed by atoms with Crippen molar-refractivity contribution in [3.8, 4) is 0 Å². The Kier molecular flexibility index (Phi) is 13.4. The fourth-order valence-corrected chi connectivity index (χ4v) is 3.51. The summed E-state index contributed by atoms with van der Waals surface area (Å²) in [4.78, 5) is 0. The second kappa shape index (κ2) is 14.8. The Bertz CT molecular complexity index is 200. The Balaban J connectivity index is 1.69. The minimum Gasteiger partial charge on any atom is -0.330 e. The summed E-state index contributed by atoms with van der Waals surface area (Å²) in [5, 5.41) is 3.68. The third-order valence-electron chi connectivity index (χ3n) is 4.97. The van der Waals surface area contributed by atoms with Gasteiger partial charge in [0.2, 0.25) is 0 Å². The molecular formula is C19H40N2. The highest BCUT2D eigenvalue weighted by Crippen LogP contribution is 2.22. The highest BCUT2D eigenvalue weighted by Gasteiger charge is 2.11. The normalized spacial score (nSPS) is 16.4. The first-order chi connectivity index (χ1) is 10.4. The van der Waals surface area contributed by atoms with Gasteiger partial charge in [-0.3, -0.25) is 0 Å². The van der Waals surface area contributed by atoms with Crippen LogP contribution in [0.1, 0.15) is 96.3 Å². The Labute approximate surface area is 133 Å². The molecule has 0 aromatic heterocycles. The van der Waals surface area contributed by atoms with Crippen LogP contribution in [0.2, 0.25) is 0 Å². The van der Waals surface area contributed by atoms with Gasteiger partial charge < -0.3 is 11.1 Å². The molecule has 21 heavy (non-hydrogen) atoms. The first-order valence-corrected chi connectivity index (χ1v) is 9.84. The van der Waals surface area contributed by atoms with Gasteiger partial charge in [0.1, 0.15) is 0 Å². The van der Waals surface area contributed by atoms with Gasteiger partial charge in [0, 0.05) is 0 Å². The van der Waals surface area contributed by atoms with Gasteiger partial charge in [0.05, 0.1) is 0 Å². The van der Waals surface area contributed by atoms with E-state index >= 15 is 0 Å². The van der Waals surface area contributed by atoms with E-state index in [0.717, 1.165) is 12.5 Å². The Morgan fingerprint density at radius 1 is 0.667 bits per heavy atom. The highest BCUT2D eigenvalue weighted by atomic mass is 14.9. The molecule has 0 radical (unpaired) electrons. The second-order valence-corrected chi connectivity index (χ2v) is 7.03. The predicted molar refractivity (Wildman–Crippen MR) is 94.7 cm³/mol. The van der Waals surface area contributed by atoms with Crippen molar-refractivity contribution in [1.82, 2.24) is 5.32 Å². The lowest BCUT2D eigenvalue weighted by molar-refractivity contribution is 0.341. The average molecular weight is 297 g/mol. The quantitative estimate of drug-likeness (QED) is 0.442. The van der Waals surface area contributed by atoms with Crippen LogP contribution >= 0.6 is 0 Å². The van der Waals surface area contributed by atoms with Crippen molar-refractivity contribution in [2.24, 2.45) is 11.7 Å². The molecule has 0 saturated heterocycles. The van der Waals surface area contributed by atoms with E-state index in [4.69, 9.17) is 5.73 Å². The lowest BCUT2D eigenvalue weighted by atomic mass is 9.89. The molecule has 1 aliphatic carbocycles. The molecular weight excluding hydrogens is 256 g/mol. The zero-order valence-corrected chi connectivity index (χ0v) is 14.4. The smallest absolute Gasteiger partial charge is 0.00205 e. The summed E-state index contributed by atoms with van der Waals surface area (Å²) in [5.74, 6) is 0.984. The molecule has 1 fully saturated rings. The predicted octanol–water partition coefficient (Wildman–Crippen LogP) is 5.02. The SMILES string of the molecule is NCCCCCCCCCCCCNCC1CCCCC1. The molecule has 0 aromatic carbocycles. The monoisotopic (exact) mass is 296 g/mol. The molecule has 0 spiro atoms. The van der Waals surface area contributed by atoms with Crippen LogP contribution < -0.4 is 11.1 Å². The third kappa shape index (κ3) is 12.2. The third-order valence-corrected chi connectivity index (χ3v) is 4.97. The maximum atomic E-state index is 5.50. The summed E-state index contributed by atoms with van der Waals surface area (Å²) in [5.41, 5.74) is 5.50. The zero-order chi connectivity index (χ0) is 15.0. The molecule has 0 aliphatic heterocycles. The number of nitrogens with two attached hydrogens (primary N) is 1. The minimum atomic E-state index is 0.870. The van der Waals surface area contributed by atoms with Crippen molar-refractivity contribution in [2.75, 3.05) is 19.6 Å². The van der Waals surface area contributed by atoms with Gasteiger partial charge in [-0.1, -0.05) is 70.6 Å². The van der Waals surface area contributed by atoms with Gasteiger partial charge in [-0.05, 0) is 51.2 Å². The Morgan fingerprint density at radius 2 is 1.19 bits per heavy atom. The fraction of sp³-hybridized carbons (Fsp3) is 1.00. The van der Waals surface area contributed by atoms with Gasteiger partial charge in [0.25, 0.3) is 0 Å². The number of rotatable bonds is 14. The van der Waals surface area contributed by atoms with Crippen LogP contribution in [0.3, 0.4) is 0 Å². The molecule has 1 saturated carbocycles. The summed E-state index contributed by atoms with van der Waals surface area (Å²) >= 11 is 0. The van der Waals surface area contributed by atoms with Crippen LogP contribution in [0.25, 0.3) is 0 Å². The maximum absolute atomic E-state index is 5.50. The zero-order valence-electron chi connectivity index (χ0n) is 14.4. The van der Waals surface area contributed by atoms with Crippen molar-refractivity contribution < 1.29 is 0 Å². The van der Waals surface area contributed by atoms with Gasteiger partial charge >= 0.3 is 0 Å². The average Bonchev–Trinajstić information content (AvgIpc) is 2.53. The first kappa shape index (κ1) is 19.0. The lowest BCUT2D eigenvalue weighted by Crippen LogP contribution is -2.25. The molecule has 0 amide bonds. The largest absolute Gasteiger partial charge is 0.330 e. The summed E-state index contributed by atoms with van der Waals surface area (Å²) in [7, 11) is 0. The van der Waals surface area contributed by atoms with E-state index in [1.807, 2.05) is 0 Å². The number of hydrogen-bond donors (Lipinski definition) is 2. The molecule has 1 rings (SSSR count). The molecule has 2 heteroatoms. The van der Waals surface area contributed by atoms with Gasteiger partial charge in [-0.25, -0.2) is 0 Å². The van der Waals surface area contributed by atoms with E-state index in [0.29, 0.717) is 0 Å². The van der Waals surface area contributed by atoms with Crippen LogP contribution in [-0.4, -0.2) is 19.6 Å². The molecule has 0 unspecified atom stereocenters. The Hall–Kier alpha value is -0.0800. The molecule has 0 atom stereocenters. The summed E-state index contributed by atoms with van der Waals surface area (Å²) in [6, 6.07) is 0. The van der Waals surface area contributed by atoms with Crippen molar-refractivity contribution >= 4 is 0 Å². The van der Waals surface area contributed by atoms with Crippen LogP contribution in [-0.2, 0) is 0 Å². The van der Waals surface area contributed by atoms with E-state index in [1.54, 1.807) is 0 Å². The molecule has 0 aromatic rings. The van der Waals surface area contributed by atoms with Crippen LogP contribution in [0.4, 0.5) is 0 Å². The molecule has 126 valence electrons. The molecule has 2 nitrogen and oxygen atoms in total. The van der Waals surface area contributed by atoms with Gasteiger partial charge in [0.15, 0.2) is 0 Å². The van der Waals surface area contributed by atoms with Crippen molar-refractivity contribution in [1.29, 1.82) is 0 Å². The molecule has 0 bridgehead atoms. The highest BCUT2D eigenvalue weighted by molar-refractivity contribution is 4.67. The topological polar surface area (TPSA) is 38.0 Å². The number of unbranched alkanes of at least 4 members (excludes halogenated alkanes) is 9. The van der Waals surface area contributed by atoms with Crippen molar-refractivity contribution in [3.05, 3.63) is 0 Å². The van der Waals surface area contributed by atoms with Crippen LogP contribution in [0.15, 0.2) is 0 Å². The molecule has 0 heterocycles.